The minimum absolute atomic E-state index is 0.287. The highest BCUT2D eigenvalue weighted by atomic mass is 35.5. The molecule has 2 rings (SSSR count). The molecule has 2 aromatic carbocycles. The number of nitrogens with one attached hydrogen (secondary N) is 2. The number of anilines is 1. The first-order valence-electron chi connectivity index (χ1n) is 8.03. The molecule has 138 valence electrons. The number of hydrogen-bond donors (Lipinski definition) is 2. The summed E-state index contributed by atoms with van der Waals surface area (Å²) in [5, 5.41) is 6.51. The van der Waals surface area contributed by atoms with Crippen LogP contribution in [0.15, 0.2) is 42.5 Å². The summed E-state index contributed by atoms with van der Waals surface area (Å²) in [4.78, 5) is 25.2. The molecule has 0 bridgehead atoms. The summed E-state index contributed by atoms with van der Waals surface area (Å²) >= 11 is 13.7. The molecule has 2 amide bonds. The number of carbonyl (C=O) groups is 2. The van der Waals surface area contributed by atoms with E-state index in [1.165, 1.54) is 0 Å². The summed E-state index contributed by atoms with van der Waals surface area (Å²) in [7, 11) is 0. The molecular formula is C19H20Cl2N2O2S. The predicted octanol–water partition coefficient (Wildman–Crippen LogP) is 4.79. The SMILES string of the molecule is CSCC[C@@H](NC(=O)c1ccccc1Cl)C(=O)Nc1cc(Cl)ccc1C. The Balaban J connectivity index is 2.15. The fourth-order valence-corrected chi connectivity index (χ4v) is 3.20. The fraction of sp³-hybridized carbons (Fsp3) is 0.263. The van der Waals surface area contributed by atoms with Crippen LogP contribution in [-0.2, 0) is 4.79 Å². The molecule has 0 aromatic heterocycles. The van der Waals surface area contributed by atoms with Gasteiger partial charge in [0, 0.05) is 10.7 Å². The quantitative estimate of drug-likeness (QED) is 0.689. The monoisotopic (exact) mass is 410 g/mol. The van der Waals surface area contributed by atoms with Crippen LogP contribution >= 0.6 is 35.0 Å². The van der Waals surface area contributed by atoms with Gasteiger partial charge in [-0.1, -0.05) is 41.4 Å². The summed E-state index contributed by atoms with van der Waals surface area (Å²) in [5.74, 6) is 0.0691. The molecule has 0 saturated heterocycles. The molecule has 0 aliphatic rings. The Labute approximate surface area is 167 Å². The van der Waals surface area contributed by atoms with Crippen molar-refractivity contribution in [1.82, 2.24) is 5.32 Å². The second-order valence-corrected chi connectivity index (χ2v) is 7.57. The molecule has 0 heterocycles. The highest BCUT2D eigenvalue weighted by Gasteiger charge is 2.22. The van der Waals surface area contributed by atoms with Gasteiger partial charge < -0.3 is 10.6 Å². The van der Waals surface area contributed by atoms with E-state index in [1.54, 1.807) is 48.2 Å². The van der Waals surface area contributed by atoms with E-state index in [-0.39, 0.29) is 11.8 Å². The van der Waals surface area contributed by atoms with Crippen molar-refractivity contribution in [2.75, 3.05) is 17.3 Å². The van der Waals surface area contributed by atoms with Gasteiger partial charge in [0.05, 0.1) is 10.6 Å². The average Bonchev–Trinajstić information content (AvgIpc) is 2.61. The third-order valence-corrected chi connectivity index (χ3v) is 5.02. The summed E-state index contributed by atoms with van der Waals surface area (Å²) < 4.78 is 0. The fourth-order valence-electron chi connectivity index (χ4n) is 2.33. The van der Waals surface area contributed by atoms with Gasteiger partial charge in [0.15, 0.2) is 0 Å². The summed E-state index contributed by atoms with van der Waals surface area (Å²) in [5.41, 5.74) is 1.86. The first-order chi connectivity index (χ1) is 12.4. The van der Waals surface area contributed by atoms with Gasteiger partial charge in [-0.2, -0.15) is 11.8 Å². The molecule has 0 aliphatic carbocycles. The molecule has 26 heavy (non-hydrogen) atoms. The Kier molecular flexibility index (Phi) is 7.82. The lowest BCUT2D eigenvalue weighted by molar-refractivity contribution is -0.118. The molecule has 0 unspecified atom stereocenters. The number of benzene rings is 2. The molecule has 4 nitrogen and oxygen atoms in total. The van der Waals surface area contributed by atoms with Crippen molar-refractivity contribution in [3.05, 3.63) is 63.6 Å². The number of carbonyl (C=O) groups excluding carboxylic acids is 2. The predicted molar refractivity (Wildman–Crippen MR) is 111 cm³/mol. The maximum absolute atomic E-state index is 12.7. The maximum Gasteiger partial charge on any atom is 0.253 e. The Bertz CT molecular complexity index is 799. The highest BCUT2D eigenvalue weighted by molar-refractivity contribution is 7.98. The largest absolute Gasteiger partial charge is 0.340 e. The van der Waals surface area contributed by atoms with Gasteiger partial charge in [-0.15, -0.1) is 0 Å². The van der Waals surface area contributed by atoms with Gasteiger partial charge >= 0.3 is 0 Å². The van der Waals surface area contributed by atoms with Gasteiger partial charge in [-0.25, -0.2) is 0 Å². The zero-order valence-electron chi connectivity index (χ0n) is 14.5. The van der Waals surface area contributed by atoms with E-state index >= 15 is 0 Å². The molecule has 0 fully saturated rings. The Hall–Kier alpha value is -1.69. The summed E-state index contributed by atoms with van der Waals surface area (Å²) in [6.45, 7) is 1.88. The second-order valence-electron chi connectivity index (χ2n) is 5.74. The van der Waals surface area contributed by atoms with Crippen molar-refractivity contribution < 1.29 is 9.59 Å². The van der Waals surface area contributed by atoms with E-state index < -0.39 is 6.04 Å². The topological polar surface area (TPSA) is 58.2 Å². The second kappa shape index (κ2) is 9.86. The number of rotatable bonds is 7. The zero-order chi connectivity index (χ0) is 19.1. The van der Waals surface area contributed by atoms with Crippen LogP contribution in [0, 0.1) is 6.92 Å². The lowest BCUT2D eigenvalue weighted by Gasteiger charge is -2.19. The van der Waals surface area contributed by atoms with E-state index in [4.69, 9.17) is 23.2 Å². The molecule has 2 N–H and O–H groups in total. The van der Waals surface area contributed by atoms with E-state index in [1.807, 2.05) is 19.2 Å². The molecular weight excluding hydrogens is 391 g/mol. The number of thioether (sulfide) groups is 1. The minimum atomic E-state index is -0.676. The smallest absolute Gasteiger partial charge is 0.253 e. The minimum Gasteiger partial charge on any atom is -0.340 e. The Morgan fingerprint density at radius 3 is 2.58 bits per heavy atom. The number of aryl methyl sites for hydroxylation is 1. The van der Waals surface area contributed by atoms with Crippen molar-refractivity contribution in [3.63, 3.8) is 0 Å². The van der Waals surface area contributed by atoms with E-state index in [9.17, 15) is 9.59 Å². The van der Waals surface area contributed by atoms with Crippen LogP contribution in [0.1, 0.15) is 22.3 Å². The highest BCUT2D eigenvalue weighted by Crippen LogP contribution is 2.21. The zero-order valence-corrected chi connectivity index (χ0v) is 16.8. The van der Waals surface area contributed by atoms with Crippen molar-refractivity contribution in [2.24, 2.45) is 0 Å². The van der Waals surface area contributed by atoms with Crippen molar-refractivity contribution in [3.8, 4) is 0 Å². The van der Waals surface area contributed by atoms with Crippen molar-refractivity contribution in [1.29, 1.82) is 0 Å². The number of amides is 2. The van der Waals surface area contributed by atoms with Gasteiger partial charge in [0.25, 0.3) is 5.91 Å². The van der Waals surface area contributed by atoms with Crippen molar-refractivity contribution in [2.45, 2.75) is 19.4 Å². The van der Waals surface area contributed by atoms with Gasteiger partial charge in [-0.05, 0) is 55.2 Å². The lowest BCUT2D eigenvalue weighted by atomic mass is 10.1. The molecule has 0 aliphatic heterocycles. The Morgan fingerprint density at radius 2 is 1.88 bits per heavy atom. The third kappa shape index (κ3) is 5.66. The van der Waals surface area contributed by atoms with E-state index in [0.717, 1.165) is 11.3 Å². The lowest BCUT2D eigenvalue weighted by Crippen LogP contribution is -2.44. The molecule has 0 saturated carbocycles. The summed E-state index contributed by atoms with van der Waals surface area (Å²) in [6.07, 6.45) is 2.45. The number of halogens is 2. The van der Waals surface area contributed by atoms with Crippen LogP contribution in [0.3, 0.4) is 0 Å². The first-order valence-corrected chi connectivity index (χ1v) is 10.2. The van der Waals surface area contributed by atoms with E-state index in [0.29, 0.717) is 27.7 Å². The normalized spacial score (nSPS) is 11.7. The van der Waals surface area contributed by atoms with E-state index in [2.05, 4.69) is 10.6 Å². The molecule has 1 atom stereocenters. The van der Waals surface area contributed by atoms with Crippen LogP contribution in [-0.4, -0.2) is 29.9 Å². The van der Waals surface area contributed by atoms with Crippen LogP contribution in [0.2, 0.25) is 10.0 Å². The van der Waals surface area contributed by atoms with Gasteiger partial charge in [-0.3, -0.25) is 9.59 Å². The standard InChI is InChI=1S/C19H20Cl2N2O2S/c1-12-7-8-13(20)11-17(12)23-19(25)16(9-10-26-2)22-18(24)14-5-3-4-6-15(14)21/h3-8,11,16H,9-10H2,1-2H3,(H,22,24)(H,23,25)/t16-/m1/s1. The Morgan fingerprint density at radius 1 is 1.15 bits per heavy atom. The van der Waals surface area contributed by atoms with Crippen LogP contribution in [0.4, 0.5) is 5.69 Å². The molecule has 7 heteroatoms. The molecule has 0 spiro atoms. The van der Waals surface area contributed by atoms with Gasteiger partial charge in [0.1, 0.15) is 6.04 Å². The van der Waals surface area contributed by atoms with Crippen molar-refractivity contribution >= 4 is 52.5 Å². The van der Waals surface area contributed by atoms with Crippen LogP contribution < -0.4 is 10.6 Å². The molecule has 2 aromatic rings. The van der Waals surface area contributed by atoms with Crippen LogP contribution in [0.5, 0.6) is 0 Å². The first kappa shape index (κ1) is 20.6. The maximum atomic E-state index is 12.7. The molecule has 0 radical (unpaired) electrons. The summed E-state index contributed by atoms with van der Waals surface area (Å²) in [6, 6.07) is 11.4. The number of hydrogen-bond acceptors (Lipinski definition) is 3. The van der Waals surface area contributed by atoms with Gasteiger partial charge in [0.2, 0.25) is 5.91 Å². The third-order valence-electron chi connectivity index (χ3n) is 3.81. The average molecular weight is 411 g/mol. The van der Waals surface area contributed by atoms with Crippen LogP contribution in [0.25, 0.3) is 0 Å².